The van der Waals surface area contributed by atoms with E-state index in [0.717, 1.165) is 32.1 Å². The van der Waals surface area contributed by atoms with Crippen LogP contribution in [0.5, 0.6) is 0 Å². The molecule has 1 rings (SSSR count). The fourth-order valence-electron chi connectivity index (χ4n) is 4.40. The average molecular weight is 423 g/mol. The molecule has 0 radical (unpaired) electrons. The molecule has 1 N–H and O–H groups in total. The number of hydrogen-bond donors (Lipinski definition) is 1. The number of carboxylic acids is 1. The van der Waals surface area contributed by atoms with Crippen molar-refractivity contribution in [2.45, 2.75) is 122 Å². The third-order valence-electron chi connectivity index (χ3n) is 6.30. The highest BCUT2D eigenvalue weighted by molar-refractivity contribution is 5.81. The van der Waals surface area contributed by atoms with Crippen LogP contribution >= 0.6 is 0 Å². The maximum absolute atomic E-state index is 12.2. The van der Waals surface area contributed by atoms with E-state index in [0.29, 0.717) is 19.4 Å². The van der Waals surface area contributed by atoms with Crippen molar-refractivity contribution in [1.82, 2.24) is 0 Å². The van der Waals surface area contributed by atoms with Crippen LogP contribution in [0.4, 0.5) is 0 Å². The molecule has 30 heavy (non-hydrogen) atoms. The van der Waals surface area contributed by atoms with Crippen LogP contribution in [0.3, 0.4) is 0 Å². The number of hydrogen-bond acceptors (Lipinski definition) is 3. The second-order valence-electron chi connectivity index (χ2n) is 8.91. The minimum atomic E-state index is -0.850. The predicted molar refractivity (Wildman–Crippen MR) is 123 cm³/mol. The molecule has 1 aliphatic carbocycles. The van der Waals surface area contributed by atoms with Crippen LogP contribution in [0.1, 0.15) is 122 Å². The molecule has 1 saturated carbocycles. The Morgan fingerprint density at radius 3 is 1.80 bits per heavy atom. The molecule has 2 atom stereocenters. The molecule has 2 unspecified atom stereocenters. The number of rotatable bonds is 18. The highest BCUT2D eigenvalue weighted by Crippen LogP contribution is 2.31. The maximum atomic E-state index is 12.2. The Morgan fingerprint density at radius 1 is 0.767 bits per heavy atom. The van der Waals surface area contributed by atoms with Crippen molar-refractivity contribution < 1.29 is 19.4 Å². The first kappa shape index (κ1) is 26.7. The summed E-state index contributed by atoms with van der Waals surface area (Å²) in [5.41, 5.74) is 0. The molecule has 1 fully saturated rings. The monoisotopic (exact) mass is 422 g/mol. The van der Waals surface area contributed by atoms with Gasteiger partial charge in [-0.1, -0.05) is 96.1 Å². The van der Waals surface area contributed by atoms with E-state index in [9.17, 15) is 14.7 Å². The third-order valence-corrected chi connectivity index (χ3v) is 6.30. The van der Waals surface area contributed by atoms with Crippen LogP contribution < -0.4 is 0 Å². The van der Waals surface area contributed by atoms with Crippen LogP contribution in [0.25, 0.3) is 0 Å². The van der Waals surface area contributed by atoms with Gasteiger partial charge >= 0.3 is 11.9 Å². The Bertz CT molecular complexity index is 472. The number of unbranched alkanes of at least 4 members (excludes halogenated alkanes) is 12. The van der Waals surface area contributed by atoms with Crippen LogP contribution in [-0.4, -0.2) is 23.7 Å². The van der Waals surface area contributed by atoms with E-state index >= 15 is 0 Å². The van der Waals surface area contributed by atoms with E-state index < -0.39 is 17.8 Å². The van der Waals surface area contributed by atoms with Gasteiger partial charge in [0.05, 0.1) is 18.4 Å². The van der Waals surface area contributed by atoms with Gasteiger partial charge in [-0.25, -0.2) is 0 Å². The van der Waals surface area contributed by atoms with Gasteiger partial charge in [0.1, 0.15) is 0 Å². The predicted octanol–water partition coefficient (Wildman–Crippen LogP) is 7.46. The first-order valence-corrected chi connectivity index (χ1v) is 12.7. The van der Waals surface area contributed by atoms with Gasteiger partial charge in [-0.2, -0.15) is 0 Å². The number of allylic oxidation sites excluding steroid dienone is 2. The lowest BCUT2D eigenvalue weighted by molar-refractivity contribution is -0.159. The molecule has 0 bridgehead atoms. The van der Waals surface area contributed by atoms with Gasteiger partial charge < -0.3 is 9.84 Å². The summed E-state index contributed by atoms with van der Waals surface area (Å²) >= 11 is 0. The van der Waals surface area contributed by atoms with Crippen molar-refractivity contribution in [3.63, 3.8) is 0 Å². The lowest BCUT2D eigenvalue weighted by Crippen LogP contribution is -2.33. The second kappa shape index (κ2) is 18.4. The zero-order valence-electron chi connectivity index (χ0n) is 19.4. The minimum absolute atomic E-state index is 0.292. The van der Waals surface area contributed by atoms with Gasteiger partial charge in [0, 0.05) is 0 Å². The number of esters is 1. The smallest absolute Gasteiger partial charge is 0.309 e. The Balaban J connectivity index is 1.86. The summed E-state index contributed by atoms with van der Waals surface area (Å²) in [6.07, 6.45) is 25.4. The van der Waals surface area contributed by atoms with Gasteiger partial charge in [0.2, 0.25) is 0 Å². The minimum Gasteiger partial charge on any atom is -0.481 e. The van der Waals surface area contributed by atoms with Gasteiger partial charge in [-0.05, 0) is 38.5 Å². The van der Waals surface area contributed by atoms with Crippen LogP contribution in [0.2, 0.25) is 0 Å². The summed E-state index contributed by atoms with van der Waals surface area (Å²) in [5.74, 6) is -2.13. The van der Waals surface area contributed by atoms with Crippen LogP contribution in [-0.2, 0) is 14.3 Å². The first-order chi connectivity index (χ1) is 14.7. The molecule has 0 aromatic rings. The Hall–Kier alpha value is -1.32. The first-order valence-electron chi connectivity index (χ1n) is 12.7. The van der Waals surface area contributed by atoms with E-state index in [-0.39, 0.29) is 5.97 Å². The standard InChI is InChI=1S/C26H46O4/c1-2-3-4-5-6-7-8-9-10-11-12-13-14-15-16-19-22-30-26(29)24-21-18-17-20-23(24)25(27)28/h3-4,23-24H,2,5-22H2,1H3,(H,27,28)/b4-3+. The highest BCUT2D eigenvalue weighted by atomic mass is 16.5. The quantitative estimate of drug-likeness (QED) is 0.141. The summed E-state index contributed by atoms with van der Waals surface area (Å²) in [4.78, 5) is 23.5. The Morgan fingerprint density at radius 2 is 1.27 bits per heavy atom. The molecular weight excluding hydrogens is 376 g/mol. The second-order valence-corrected chi connectivity index (χ2v) is 8.91. The summed E-state index contributed by atoms with van der Waals surface area (Å²) in [7, 11) is 0. The lowest BCUT2D eigenvalue weighted by Gasteiger charge is -2.26. The highest BCUT2D eigenvalue weighted by Gasteiger charge is 2.36. The van der Waals surface area contributed by atoms with Crippen molar-refractivity contribution >= 4 is 11.9 Å². The van der Waals surface area contributed by atoms with E-state index in [4.69, 9.17) is 4.74 Å². The molecule has 0 heterocycles. The Kier molecular flexibility index (Phi) is 16.4. The van der Waals surface area contributed by atoms with E-state index in [1.54, 1.807) is 0 Å². The summed E-state index contributed by atoms with van der Waals surface area (Å²) in [6, 6.07) is 0. The van der Waals surface area contributed by atoms with Gasteiger partial charge in [-0.15, -0.1) is 0 Å². The van der Waals surface area contributed by atoms with Crippen molar-refractivity contribution in [3.8, 4) is 0 Å². The maximum Gasteiger partial charge on any atom is 0.309 e. The van der Waals surface area contributed by atoms with Gasteiger partial charge in [0.15, 0.2) is 0 Å². The van der Waals surface area contributed by atoms with E-state index in [1.807, 2.05) is 0 Å². The molecule has 0 amide bonds. The number of ether oxygens (including phenoxy) is 1. The number of carbonyl (C=O) groups excluding carboxylic acids is 1. The van der Waals surface area contributed by atoms with Crippen molar-refractivity contribution in [3.05, 3.63) is 12.2 Å². The molecule has 4 nitrogen and oxygen atoms in total. The normalized spacial score (nSPS) is 19.2. The zero-order chi connectivity index (χ0) is 21.9. The van der Waals surface area contributed by atoms with Crippen molar-refractivity contribution in [1.29, 1.82) is 0 Å². The number of aliphatic carboxylic acids is 1. The average Bonchev–Trinajstić information content (AvgIpc) is 2.75. The molecule has 0 saturated heterocycles. The van der Waals surface area contributed by atoms with Crippen molar-refractivity contribution in [2.24, 2.45) is 11.8 Å². The summed E-state index contributed by atoms with van der Waals surface area (Å²) in [6.45, 7) is 2.63. The van der Waals surface area contributed by atoms with Crippen LogP contribution in [0.15, 0.2) is 12.2 Å². The fraction of sp³-hybridized carbons (Fsp3) is 0.846. The molecule has 0 spiro atoms. The molecule has 0 aromatic carbocycles. The third kappa shape index (κ3) is 13.1. The van der Waals surface area contributed by atoms with Gasteiger partial charge in [0.25, 0.3) is 0 Å². The number of carbonyl (C=O) groups is 2. The zero-order valence-corrected chi connectivity index (χ0v) is 19.4. The summed E-state index contributed by atoms with van der Waals surface area (Å²) < 4.78 is 5.38. The van der Waals surface area contributed by atoms with Crippen LogP contribution in [0, 0.1) is 11.8 Å². The largest absolute Gasteiger partial charge is 0.481 e. The molecule has 174 valence electrons. The molecule has 1 aliphatic rings. The fourth-order valence-corrected chi connectivity index (χ4v) is 4.40. The lowest BCUT2D eigenvalue weighted by atomic mass is 9.79. The molecule has 4 heteroatoms. The summed E-state index contributed by atoms with van der Waals surface area (Å²) in [5, 5.41) is 9.27. The van der Waals surface area contributed by atoms with Crippen molar-refractivity contribution in [2.75, 3.05) is 6.61 Å². The van der Waals surface area contributed by atoms with Gasteiger partial charge in [-0.3, -0.25) is 9.59 Å². The topological polar surface area (TPSA) is 63.6 Å². The molecular formula is C26H46O4. The van der Waals surface area contributed by atoms with E-state index in [1.165, 1.54) is 70.6 Å². The molecule has 0 aliphatic heterocycles. The molecule has 0 aromatic heterocycles. The SMILES string of the molecule is CC/C=C/CCCCCCCCCCCCCCOC(=O)C1CCCCC1C(=O)O. The van der Waals surface area contributed by atoms with E-state index in [2.05, 4.69) is 19.1 Å². The Labute approximate surface area is 184 Å². The number of carboxylic acid groups (broad SMARTS) is 1.